The zero-order valence-corrected chi connectivity index (χ0v) is 9.64. The second-order valence-electron chi connectivity index (χ2n) is 3.80. The summed E-state index contributed by atoms with van der Waals surface area (Å²) in [4.78, 5) is 25.4. The summed E-state index contributed by atoms with van der Waals surface area (Å²) in [5, 5.41) is 2.71. The molecule has 0 fully saturated rings. The highest BCUT2D eigenvalue weighted by molar-refractivity contribution is 6.04. The first-order valence-corrected chi connectivity index (χ1v) is 5.48. The van der Waals surface area contributed by atoms with Crippen LogP contribution in [0.25, 0.3) is 0 Å². The highest BCUT2D eigenvalue weighted by Gasteiger charge is 2.06. The summed E-state index contributed by atoms with van der Waals surface area (Å²) in [6.07, 6.45) is 1.44. The average Bonchev–Trinajstić information content (AvgIpc) is 2.39. The van der Waals surface area contributed by atoms with Crippen LogP contribution in [0.5, 0.6) is 0 Å². The number of carbonyl (C=O) groups excluding carboxylic acids is 1. The van der Waals surface area contributed by atoms with Crippen LogP contribution in [0.4, 0.5) is 5.69 Å². The van der Waals surface area contributed by atoms with E-state index in [1.807, 2.05) is 12.1 Å². The maximum absolute atomic E-state index is 11.9. The quantitative estimate of drug-likeness (QED) is 0.753. The normalized spacial score (nSPS) is 10.1. The van der Waals surface area contributed by atoms with Gasteiger partial charge in [0.05, 0.1) is 0 Å². The lowest BCUT2D eigenvalue weighted by Crippen LogP contribution is -2.15. The summed E-state index contributed by atoms with van der Waals surface area (Å²) in [7, 11) is 0. The van der Waals surface area contributed by atoms with E-state index in [0.29, 0.717) is 17.8 Å². The average molecular weight is 243 g/mol. The fourth-order valence-electron chi connectivity index (χ4n) is 1.57. The lowest BCUT2D eigenvalue weighted by atomic mass is 10.2. The molecule has 0 radical (unpaired) electrons. The van der Waals surface area contributed by atoms with E-state index in [9.17, 15) is 9.59 Å². The molecule has 0 aliphatic heterocycles. The number of aromatic nitrogens is 1. The molecule has 0 saturated heterocycles. The molecule has 2 rings (SSSR count). The van der Waals surface area contributed by atoms with Crippen LogP contribution in [0.2, 0.25) is 0 Å². The number of anilines is 1. The summed E-state index contributed by atoms with van der Waals surface area (Å²) < 4.78 is 0. The van der Waals surface area contributed by atoms with Crippen LogP contribution in [0, 0.1) is 0 Å². The van der Waals surface area contributed by atoms with E-state index in [1.54, 1.807) is 18.2 Å². The van der Waals surface area contributed by atoms with Crippen molar-refractivity contribution in [1.82, 2.24) is 4.98 Å². The van der Waals surface area contributed by atoms with Gasteiger partial charge in [0.1, 0.15) is 0 Å². The van der Waals surface area contributed by atoms with Crippen LogP contribution in [-0.2, 0) is 6.54 Å². The van der Waals surface area contributed by atoms with E-state index >= 15 is 0 Å². The summed E-state index contributed by atoms with van der Waals surface area (Å²) >= 11 is 0. The Kier molecular flexibility index (Phi) is 3.54. The maximum atomic E-state index is 11.9. The molecular formula is C13H13N3O2. The number of carbonyl (C=O) groups is 1. The standard InChI is InChI=1S/C13H13N3O2/c14-8-9-2-1-3-11(6-9)16-13(18)10-4-5-15-12(17)7-10/h1-7H,8,14H2,(H,15,17)(H,16,18). The lowest BCUT2D eigenvalue weighted by Gasteiger charge is -2.06. The van der Waals surface area contributed by atoms with Gasteiger partial charge in [-0.3, -0.25) is 9.59 Å². The Morgan fingerprint density at radius 1 is 1.28 bits per heavy atom. The Balaban J connectivity index is 2.18. The second kappa shape index (κ2) is 5.29. The molecule has 0 unspecified atom stereocenters. The molecule has 18 heavy (non-hydrogen) atoms. The van der Waals surface area contributed by atoms with E-state index in [1.165, 1.54) is 12.3 Å². The fourth-order valence-corrected chi connectivity index (χ4v) is 1.57. The minimum Gasteiger partial charge on any atom is -0.329 e. The Morgan fingerprint density at radius 2 is 2.11 bits per heavy atom. The van der Waals surface area contributed by atoms with Crippen LogP contribution < -0.4 is 16.6 Å². The van der Waals surface area contributed by atoms with Crippen molar-refractivity contribution in [2.45, 2.75) is 6.54 Å². The number of benzene rings is 1. The first kappa shape index (κ1) is 12.1. The van der Waals surface area contributed by atoms with E-state index in [2.05, 4.69) is 10.3 Å². The van der Waals surface area contributed by atoms with Crippen molar-refractivity contribution in [2.75, 3.05) is 5.32 Å². The fraction of sp³-hybridized carbons (Fsp3) is 0.0769. The molecule has 1 amide bonds. The van der Waals surface area contributed by atoms with Crippen molar-refractivity contribution < 1.29 is 4.79 Å². The zero-order valence-electron chi connectivity index (χ0n) is 9.64. The molecule has 0 aliphatic rings. The van der Waals surface area contributed by atoms with Gasteiger partial charge in [0.2, 0.25) is 5.56 Å². The predicted octanol–water partition coefficient (Wildman–Crippen LogP) is 1.09. The van der Waals surface area contributed by atoms with E-state index in [-0.39, 0.29) is 11.5 Å². The Bertz CT molecular complexity index is 619. The second-order valence-corrected chi connectivity index (χ2v) is 3.80. The molecule has 2 aromatic rings. The molecule has 5 heteroatoms. The van der Waals surface area contributed by atoms with Crippen LogP contribution in [0.3, 0.4) is 0 Å². The molecule has 4 N–H and O–H groups in total. The number of amides is 1. The summed E-state index contributed by atoms with van der Waals surface area (Å²) in [5.41, 5.74) is 7.12. The van der Waals surface area contributed by atoms with Gasteiger partial charge in [-0.15, -0.1) is 0 Å². The molecule has 1 aromatic heterocycles. The van der Waals surface area contributed by atoms with E-state index < -0.39 is 0 Å². The highest BCUT2D eigenvalue weighted by Crippen LogP contribution is 2.11. The third-order valence-electron chi connectivity index (χ3n) is 2.46. The zero-order chi connectivity index (χ0) is 13.0. The molecule has 1 aromatic carbocycles. The topological polar surface area (TPSA) is 88.0 Å². The van der Waals surface area contributed by atoms with Crippen molar-refractivity contribution >= 4 is 11.6 Å². The molecule has 0 bridgehead atoms. The number of nitrogens with one attached hydrogen (secondary N) is 2. The molecular weight excluding hydrogens is 230 g/mol. The third kappa shape index (κ3) is 2.83. The molecule has 0 saturated carbocycles. The smallest absolute Gasteiger partial charge is 0.255 e. The summed E-state index contributed by atoms with van der Waals surface area (Å²) in [6, 6.07) is 10.1. The van der Waals surface area contributed by atoms with Crippen molar-refractivity contribution in [3.63, 3.8) is 0 Å². The van der Waals surface area contributed by atoms with Crippen molar-refractivity contribution in [3.8, 4) is 0 Å². The van der Waals surface area contributed by atoms with Gasteiger partial charge in [0.25, 0.3) is 5.91 Å². The van der Waals surface area contributed by atoms with E-state index in [4.69, 9.17) is 5.73 Å². The monoisotopic (exact) mass is 243 g/mol. The third-order valence-corrected chi connectivity index (χ3v) is 2.46. The minimum atomic E-state index is -0.324. The number of H-pyrrole nitrogens is 1. The number of hydrogen-bond acceptors (Lipinski definition) is 3. The molecule has 5 nitrogen and oxygen atoms in total. The predicted molar refractivity (Wildman–Crippen MR) is 69.3 cm³/mol. The van der Waals surface area contributed by atoms with Crippen molar-refractivity contribution in [2.24, 2.45) is 5.73 Å². The van der Waals surface area contributed by atoms with Gasteiger partial charge in [0.15, 0.2) is 0 Å². The van der Waals surface area contributed by atoms with Crippen molar-refractivity contribution in [1.29, 1.82) is 0 Å². The first-order valence-electron chi connectivity index (χ1n) is 5.48. The van der Waals surface area contributed by atoms with Gasteiger partial charge < -0.3 is 16.0 Å². The van der Waals surface area contributed by atoms with Crippen molar-refractivity contribution in [3.05, 3.63) is 64.1 Å². The molecule has 0 aliphatic carbocycles. The SMILES string of the molecule is NCc1cccc(NC(=O)c2cc[nH]c(=O)c2)c1. The summed E-state index contributed by atoms with van der Waals surface area (Å²) in [5.74, 6) is -0.324. The van der Waals surface area contributed by atoms with E-state index in [0.717, 1.165) is 5.56 Å². The highest BCUT2D eigenvalue weighted by atomic mass is 16.2. The van der Waals surface area contributed by atoms with Crippen LogP contribution >= 0.6 is 0 Å². The number of aromatic amines is 1. The van der Waals surface area contributed by atoms with Gasteiger partial charge in [-0.1, -0.05) is 12.1 Å². The Hall–Kier alpha value is -2.40. The maximum Gasteiger partial charge on any atom is 0.255 e. The van der Waals surface area contributed by atoms with Gasteiger partial charge in [-0.25, -0.2) is 0 Å². The summed E-state index contributed by atoms with van der Waals surface area (Å²) in [6.45, 7) is 0.411. The first-order chi connectivity index (χ1) is 8.69. The van der Waals surface area contributed by atoms with Gasteiger partial charge in [0, 0.05) is 30.1 Å². The van der Waals surface area contributed by atoms with Gasteiger partial charge in [-0.2, -0.15) is 0 Å². The minimum absolute atomic E-state index is 0.307. The molecule has 1 heterocycles. The Labute approximate surface area is 104 Å². The van der Waals surface area contributed by atoms with Crippen LogP contribution in [-0.4, -0.2) is 10.9 Å². The molecule has 0 spiro atoms. The number of pyridine rings is 1. The Morgan fingerprint density at radius 3 is 2.83 bits per heavy atom. The number of nitrogens with two attached hydrogens (primary N) is 1. The van der Waals surface area contributed by atoms with Crippen LogP contribution in [0.15, 0.2) is 47.4 Å². The lowest BCUT2D eigenvalue weighted by molar-refractivity contribution is 0.102. The van der Waals surface area contributed by atoms with Gasteiger partial charge >= 0.3 is 0 Å². The largest absolute Gasteiger partial charge is 0.329 e. The molecule has 0 atom stereocenters. The van der Waals surface area contributed by atoms with Gasteiger partial charge in [-0.05, 0) is 23.8 Å². The number of hydrogen-bond donors (Lipinski definition) is 3. The number of rotatable bonds is 3. The molecule has 92 valence electrons. The van der Waals surface area contributed by atoms with Crippen LogP contribution in [0.1, 0.15) is 15.9 Å².